The van der Waals surface area contributed by atoms with Crippen molar-refractivity contribution in [3.05, 3.63) is 195 Å². The lowest BCUT2D eigenvalue weighted by atomic mass is 9.69. The van der Waals surface area contributed by atoms with Crippen LogP contribution in [0.5, 0.6) is 0 Å². The van der Waals surface area contributed by atoms with Crippen molar-refractivity contribution in [2.24, 2.45) is 5.92 Å². The van der Waals surface area contributed by atoms with Gasteiger partial charge in [-0.2, -0.15) is 52.7 Å². The molecule has 0 heterocycles. The first-order valence-electron chi connectivity index (χ1n) is 21.6. The van der Waals surface area contributed by atoms with E-state index >= 15 is 0 Å². The smallest absolute Gasteiger partial charge is 0.311 e. The highest BCUT2D eigenvalue weighted by atomic mass is 19.4. The van der Waals surface area contributed by atoms with E-state index in [0.29, 0.717) is 34.1 Å². The van der Waals surface area contributed by atoms with Gasteiger partial charge in [0.05, 0.1) is 22.3 Å². The summed E-state index contributed by atoms with van der Waals surface area (Å²) < 4.78 is 164. The summed E-state index contributed by atoms with van der Waals surface area (Å²) in [5, 5.41) is 0. The number of halogens is 12. The summed E-state index contributed by atoms with van der Waals surface area (Å²) in [5.74, 6) is -0.405. The summed E-state index contributed by atoms with van der Waals surface area (Å²) in [7, 11) is 0. The molecular weight excluding hydrogens is 905 g/mol. The average Bonchev–Trinajstić information content (AvgIpc) is 3.64. The Morgan fingerprint density at radius 1 is 0.456 bits per heavy atom. The van der Waals surface area contributed by atoms with E-state index in [1.807, 2.05) is 30.4 Å². The van der Waals surface area contributed by atoms with Crippen LogP contribution in [0.3, 0.4) is 0 Å². The molecule has 0 spiro atoms. The normalized spacial score (nSPS) is 18.1. The SMILES string of the molecule is Cc1c(C)c2c(c3c1-c1ccc(N(c4ccc(C(F)(F)F)cc4)c4ccc(C(F)(F)F)cc4)cc1C3(C)C)C(C)(C)C1C=C(N(c3ccc(C(F)(F)F)cc3)c3ccc(C(F)(F)F)cc3)C=CC21. The highest BCUT2D eigenvalue weighted by Gasteiger charge is 2.53. The highest BCUT2D eigenvalue weighted by Crippen LogP contribution is 2.63. The first-order valence-corrected chi connectivity index (χ1v) is 21.6. The van der Waals surface area contributed by atoms with Gasteiger partial charge < -0.3 is 9.80 Å². The van der Waals surface area contributed by atoms with Gasteiger partial charge in [0.25, 0.3) is 0 Å². The van der Waals surface area contributed by atoms with Crippen molar-refractivity contribution >= 4 is 28.4 Å². The Labute approximate surface area is 384 Å². The lowest BCUT2D eigenvalue weighted by Gasteiger charge is -2.36. The molecule has 3 aliphatic rings. The third-order valence-corrected chi connectivity index (χ3v) is 14.0. The second-order valence-corrected chi connectivity index (χ2v) is 18.7. The van der Waals surface area contributed by atoms with Gasteiger partial charge in [-0.3, -0.25) is 0 Å². The quantitative estimate of drug-likeness (QED) is 0.154. The maximum absolute atomic E-state index is 13.7. The molecule has 0 saturated heterocycles. The maximum Gasteiger partial charge on any atom is 0.416 e. The third-order valence-electron chi connectivity index (χ3n) is 14.0. The molecule has 6 aromatic rings. The molecule has 2 unspecified atom stereocenters. The van der Waals surface area contributed by atoms with Gasteiger partial charge in [-0.05, 0) is 185 Å². The molecule has 0 N–H and O–H groups in total. The van der Waals surface area contributed by atoms with Crippen LogP contribution in [0.4, 0.5) is 81.1 Å². The van der Waals surface area contributed by atoms with E-state index in [1.54, 1.807) is 15.9 Å². The minimum atomic E-state index is -4.62. The van der Waals surface area contributed by atoms with Crippen LogP contribution in [0.25, 0.3) is 11.1 Å². The lowest BCUT2D eigenvalue weighted by molar-refractivity contribution is -0.138. The van der Waals surface area contributed by atoms with Crippen molar-refractivity contribution in [3.8, 4) is 11.1 Å². The number of fused-ring (bicyclic) bond motifs is 7. The number of hydrogen-bond donors (Lipinski definition) is 0. The summed E-state index contributed by atoms with van der Waals surface area (Å²) in [4.78, 5) is 3.27. The summed E-state index contributed by atoms with van der Waals surface area (Å²) in [5.41, 5.74) is 5.57. The predicted octanol–water partition coefficient (Wildman–Crippen LogP) is 17.4. The molecule has 0 aromatic heterocycles. The highest BCUT2D eigenvalue weighted by molar-refractivity contribution is 5.90. The number of alkyl halides is 12. The van der Waals surface area contributed by atoms with Crippen LogP contribution in [0.2, 0.25) is 0 Å². The number of benzene rings is 6. The monoisotopic (exact) mass is 946 g/mol. The van der Waals surface area contributed by atoms with Crippen LogP contribution in [-0.2, 0) is 35.5 Å². The number of anilines is 5. The van der Waals surface area contributed by atoms with E-state index in [0.717, 1.165) is 93.0 Å². The summed E-state index contributed by atoms with van der Waals surface area (Å²) >= 11 is 0. The second-order valence-electron chi connectivity index (χ2n) is 18.7. The van der Waals surface area contributed by atoms with Crippen LogP contribution >= 0.6 is 0 Å². The van der Waals surface area contributed by atoms with Crippen LogP contribution < -0.4 is 9.80 Å². The van der Waals surface area contributed by atoms with Crippen LogP contribution in [0.15, 0.2) is 139 Å². The molecule has 6 aromatic carbocycles. The molecule has 0 amide bonds. The van der Waals surface area contributed by atoms with Crippen molar-refractivity contribution in [2.75, 3.05) is 9.80 Å². The van der Waals surface area contributed by atoms with Gasteiger partial charge in [0.15, 0.2) is 0 Å². The molecule has 14 heteroatoms. The van der Waals surface area contributed by atoms with Crippen molar-refractivity contribution in [2.45, 2.75) is 83.0 Å². The van der Waals surface area contributed by atoms with Crippen molar-refractivity contribution in [3.63, 3.8) is 0 Å². The standard InChI is InChI=1S/C54H42F12N2/c1-29-30(2)46-42-26-24-40(68(37-19-11-33(12-20-37)53(61,62)63)38-21-13-34(14-22-38)54(64,65)66)28-44(42)50(5,6)48(46)47-45(29)41-25-23-39(27-43(41)49(47,3)4)67(35-15-7-31(8-16-35)51(55,56)57)36-17-9-32(10-18-36)52(58,59)60/h7-28,41,43H,1-6H3. The Morgan fingerprint density at radius 2 is 0.838 bits per heavy atom. The average molecular weight is 947 g/mol. The lowest BCUT2D eigenvalue weighted by Crippen LogP contribution is -2.30. The van der Waals surface area contributed by atoms with Crippen molar-refractivity contribution in [1.82, 2.24) is 0 Å². The topological polar surface area (TPSA) is 6.48 Å². The number of allylic oxidation sites excluding steroid dienone is 3. The van der Waals surface area contributed by atoms with E-state index < -0.39 is 57.8 Å². The zero-order valence-corrected chi connectivity index (χ0v) is 37.3. The summed E-state index contributed by atoms with van der Waals surface area (Å²) in [6, 6.07) is 23.4. The van der Waals surface area contributed by atoms with Crippen molar-refractivity contribution < 1.29 is 52.7 Å². The van der Waals surface area contributed by atoms with E-state index in [9.17, 15) is 52.7 Å². The van der Waals surface area contributed by atoms with Gasteiger partial charge in [0.1, 0.15) is 0 Å². The fourth-order valence-corrected chi connectivity index (χ4v) is 10.6. The molecule has 352 valence electrons. The zero-order valence-electron chi connectivity index (χ0n) is 37.3. The molecule has 2 nitrogen and oxygen atoms in total. The molecule has 0 saturated carbocycles. The Hall–Kier alpha value is -6.44. The van der Waals surface area contributed by atoms with Gasteiger partial charge in [0.2, 0.25) is 0 Å². The van der Waals surface area contributed by atoms with Gasteiger partial charge in [0, 0.05) is 45.5 Å². The first kappa shape index (κ1) is 46.7. The van der Waals surface area contributed by atoms with E-state index in [-0.39, 0.29) is 11.8 Å². The molecular formula is C54H42F12N2. The maximum atomic E-state index is 13.7. The van der Waals surface area contributed by atoms with Crippen LogP contribution in [-0.4, -0.2) is 0 Å². The Morgan fingerprint density at radius 3 is 1.24 bits per heavy atom. The summed E-state index contributed by atoms with van der Waals surface area (Å²) in [6.45, 7) is 12.5. The zero-order chi connectivity index (χ0) is 49.3. The van der Waals surface area contributed by atoms with Gasteiger partial charge in [-0.15, -0.1) is 0 Å². The number of hydrogen-bond acceptors (Lipinski definition) is 2. The molecule has 2 atom stereocenters. The largest absolute Gasteiger partial charge is 0.416 e. The fourth-order valence-electron chi connectivity index (χ4n) is 10.6. The molecule has 0 fully saturated rings. The minimum absolute atomic E-state index is 0.167. The van der Waals surface area contributed by atoms with Gasteiger partial charge in [-0.1, -0.05) is 45.9 Å². The number of rotatable bonds is 6. The predicted molar refractivity (Wildman–Crippen MR) is 240 cm³/mol. The minimum Gasteiger partial charge on any atom is -0.311 e. The van der Waals surface area contributed by atoms with Gasteiger partial charge in [-0.25, -0.2) is 0 Å². The van der Waals surface area contributed by atoms with Crippen LogP contribution in [0.1, 0.15) is 89.2 Å². The molecule has 0 radical (unpaired) electrons. The van der Waals surface area contributed by atoms with Crippen molar-refractivity contribution in [1.29, 1.82) is 0 Å². The van der Waals surface area contributed by atoms with Crippen LogP contribution in [0, 0.1) is 19.8 Å². The Balaban J connectivity index is 1.15. The van der Waals surface area contributed by atoms with E-state index in [4.69, 9.17) is 0 Å². The van der Waals surface area contributed by atoms with Gasteiger partial charge >= 0.3 is 24.7 Å². The van der Waals surface area contributed by atoms with E-state index in [2.05, 4.69) is 41.5 Å². The molecule has 68 heavy (non-hydrogen) atoms. The fraction of sp³-hybridized carbons (Fsp3) is 0.259. The molecule has 9 rings (SSSR count). The summed E-state index contributed by atoms with van der Waals surface area (Å²) in [6.07, 6.45) is -12.5. The third kappa shape index (κ3) is 7.63. The Kier molecular flexibility index (Phi) is 10.7. The van der Waals surface area contributed by atoms with E-state index in [1.165, 1.54) is 48.5 Å². The molecule has 0 aliphatic heterocycles. The number of nitrogens with zero attached hydrogens (tertiary/aromatic N) is 2. The molecule has 0 bridgehead atoms. The molecule has 3 aliphatic carbocycles. The first-order chi connectivity index (χ1) is 31.6. The second kappa shape index (κ2) is 15.5. The Bertz CT molecular complexity index is 2890.